The van der Waals surface area contributed by atoms with Crippen molar-refractivity contribution in [2.24, 2.45) is 0 Å². The van der Waals surface area contributed by atoms with Gasteiger partial charge >= 0.3 is 5.97 Å². The van der Waals surface area contributed by atoms with Crippen LogP contribution in [0.2, 0.25) is 5.02 Å². The quantitative estimate of drug-likeness (QED) is 0.253. The molecule has 0 saturated carbocycles. The molecule has 0 aliphatic rings. The highest BCUT2D eigenvalue weighted by atomic mass is 35.5. The number of carbonyl (C=O) groups excluding carboxylic acids is 2. The van der Waals surface area contributed by atoms with Crippen LogP contribution in [0.25, 0.3) is 16.9 Å². The Labute approximate surface area is 206 Å². The fourth-order valence-corrected chi connectivity index (χ4v) is 3.99. The number of aromatic hydroxyl groups is 2. The number of fused-ring (bicyclic) bond motifs is 1. The number of rotatable bonds is 8. The second kappa shape index (κ2) is 10.5. The highest BCUT2D eigenvalue weighted by molar-refractivity contribution is 6.30. The minimum absolute atomic E-state index is 0.0670. The van der Waals surface area contributed by atoms with Crippen molar-refractivity contribution in [2.75, 3.05) is 6.61 Å². The average Bonchev–Trinajstić information content (AvgIpc) is 3.19. The highest BCUT2D eigenvalue weighted by Crippen LogP contribution is 2.27. The van der Waals surface area contributed by atoms with Crippen LogP contribution < -0.4 is 5.32 Å². The van der Waals surface area contributed by atoms with Crippen molar-refractivity contribution < 1.29 is 24.5 Å². The summed E-state index contributed by atoms with van der Waals surface area (Å²) in [6.45, 7) is 1.83. The molecule has 8 nitrogen and oxygen atoms in total. The maximum Gasteiger partial charge on any atom is 0.328 e. The van der Waals surface area contributed by atoms with Crippen molar-refractivity contribution in [3.05, 3.63) is 83.1 Å². The van der Waals surface area contributed by atoms with Gasteiger partial charge in [-0.15, -0.1) is 0 Å². The predicted molar refractivity (Wildman–Crippen MR) is 131 cm³/mol. The molecule has 3 N–H and O–H groups in total. The van der Waals surface area contributed by atoms with Crippen molar-refractivity contribution in [3.8, 4) is 22.8 Å². The van der Waals surface area contributed by atoms with E-state index < -0.39 is 17.9 Å². The normalized spacial score (nSPS) is 11.8. The Morgan fingerprint density at radius 3 is 2.57 bits per heavy atom. The molecule has 4 aromatic rings. The van der Waals surface area contributed by atoms with Gasteiger partial charge in [-0.2, -0.15) is 0 Å². The van der Waals surface area contributed by atoms with Gasteiger partial charge in [-0.3, -0.25) is 4.79 Å². The van der Waals surface area contributed by atoms with Crippen LogP contribution >= 0.6 is 11.6 Å². The molecule has 0 saturated heterocycles. The first-order chi connectivity index (χ1) is 16.9. The van der Waals surface area contributed by atoms with E-state index in [1.54, 1.807) is 35.7 Å². The van der Waals surface area contributed by atoms with Gasteiger partial charge in [0.15, 0.2) is 11.5 Å². The number of carbonyl (C=O) groups is 2. The maximum atomic E-state index is 13.2. The lowest BCUT2D eigenvalue weighted by Crippen LogP contribution is -2.44. The molecular weight excluding hydrogens is 470 g/mol. The number of hydrogen-bond acceptors (Lipinski definition) is 6. The van der Waals surface area contributed by atoms with E-state index >= 15 is 0 Å². The molecule has 0 bridgehead atoms. The van der Waals surface area contributed by atoms with Crippen LogP contribution in [0.15, 0.2) is 66.9 Å². The fraction of sp³-hybridized carbons (Fsp3) is 0.192. The second-order valence-corrected chi connectivity index (χ2v) is 8.36. The van der Waals surface area contributed by atoms with Crippen LogP contribution in [0.5, 0.6) is 11.5 Å². The molecule has 1 amide bonds. The van der Waals surface area contributed by atoms with Crippen LogP contribution in [-0.2, 0) is 27.2 Å². The summed E-state index contributed by atoms with van der Waals surface area (Å²) in [6.07, 6.45) is 1.70. The predicted octanol–water partition coefficient (Wildman–Crippen LogP) is 3.90. The van der Waals surface area contributed by atoms with Gasteiger partial charge < -0.3 is 24.7 Å². The number of pyridine rings is 1. The Morgan fingerprint density at radius 2 is 1.86 bits per heavy atom. The molecule has 9 heteroatoms. The average molecular weight is 494 g/mol. The number of ether oxygens (including phenoxy) is 1. The van der Waals surface area contributed by atoms with Crippen molar-refractivity contribution in [3.63, 3.8) is 0 Å². The lowest BCUT2D eigenvalue weighted by molar-refractivity contribution is -0.147. The summed E-state index contributed by atoms with van der Waals surface area (Å²) >= 11 is 6.21. The van der Waals surface area contributed by atoms with Crippen LogP contribution in [0.4, 0.5) is 0 Å². The Hall–Kier alpha value is -4.04. The monoisotopic (exact) mass is 493 g/mol. The molecule has 2 heterocycles. The summed E-state index contributed by atoms with van der Waals surface area (Å²) in [5.74, 6) is -1.60. The molecule has 0 fully saturated rings. The van der Waals surface area contributed by atoms with Gasteiger partial charge in [0.05, 0.1) is 29.4 Å². The summed E-state index contributed by atoms with van der Waals surface area (Å²) < 4.78 is 6.91. The number of hydrogen-bond donors (Lipinski definition) is 3. The zero-order chi connectivity index (χ0) is 24.9. The third-order valence-electron chi connectivity index (χ3n) is 5.44. The van der Waals surface area contributed by atoms with E-state index in [0.717, 1.165) is 5.56 Å². The van der Waals surface area contributed by atoms with E-state index in [1.165, 1.54) is 12.1 Å². The molecule has 0 spiro atoms. The number of esters is 1. The topological polar surface area (TPSA) is 113 Å². The number of halogens is 1. The number of nitrogens with one attached hydrogen (secondary N) is 1. The van der Waals surface area contributed by atoms with Gasteiger partial charge in [0.1, 0.15) is 11.7 Å². The standard InChI is InChI=1S/C26H24ClN3O5/c1-2-35-26(34)19(12-16-8-10-21(31)22(32)13-16)28-24(33)14-20-25(17-6-4-3-5-7-17)29-23-11-9-18(27)15-30(20)23/h3-11,13,15,19,31-32H,2,12,14H2,1H3,(H,28,33). The molecule has 0 aliphatic carbocycles. The lowest BCUT2D eigenvalue weighted by atomic mass is 10.0. The number of phenolic OH excluding ortho intramolecular Hbond substituents is 2. The van der Waals surface area contributed by atoms with Crippen LogP contribution in [0.1, 0.15) is 18.2 Å². The van der Waals surface area contributed by atoms with Gasteiger partial charge in [-0.05, 0) is 36.8 Å². The first-order valence-corrected chi connectivity index (χ1v) is 11.4. The lowest BCUT2D eigenvalue weighted by Gasteiger charge is -2.18. The number of benzene rings is 2. The Bertz CT molecular complexity index is 1370. The van der Waals surface area contributed by atoms with Crippen LogP contribution in [-0.4, -0.2) is 44.1 Å². The third kappa shape index (κ3) is 5.55. The largest absolute Gasteiger partial charge is 0.504 e. The van der Waals surface area contributed by atoms with E-state index in [4.69, 9.17) is 16.3 Å². The smallest absolute Gasteiger partial charge is 0.328 e. The van der Waals surface area contributed by atoms with Crippen LogP contribution in [0.3, 0.4) is 0 Å². The molecule has 0 aliphatic heterocycles. The number of imidazole rings is 1. The zero-order valence-corrected chi connectivity index (χ0v) is 19.7. The maximum absolute atomic E-state index is 13.2. The molecule has 1 unspecified atom stereocenters. The van der Waals surface area contributed by atoms with Gasteiger partial charge in [0.25, 0.3) is 0 Å². The van der Waals surface area contributed by atoms with Crippen LogP contribution in [0, 0.1) is 0 Å². The molecule has 1 atom stereocenters. The van der Waals surface area contributed by atoms with E-state index in [-0.39, 0.29) is 30.9 Å². The Balaban J connectivity index is 1.63. The third-order valence-corrected chi connectivity index (χ3v) is 5.67. The van der Waals surface area contributed by atoms with Crippen molar-refractivity contribution in [2.45, 2.75) is 25.8 Å². The summed E-state index contributed by atoms with van der Waals surface area (Å²) in [5, 5.41) is 22.6. The Morgan fingerprint density at radius 1 is 1.09 bits per heavy atom. The summed E-state index contributed by atoms with van der Waals surface area (Å²) in [5.41, 5.74) is 3.29. The number of amides is 1. The molecule has 0 radical (unpaired) electrons. The minimum Gasteiger partial charge on any atom is -0.504 e. The molecule has 180 valence electrons. The first-order valence-electron chi connectivity index (χ1n) is 11.0. The number of phenols is 2. The molecule has 2 aromatic heterocycles. The number of nitrogens with zero attached hydrogens (tertiary/aromatic N) is 2. The van der Waals surface area contributed by atoms with Gasteiger partial charge in [-0.1, -0.05) is 48.0 Å². The van der Waals surface area contributed by atoms with Crippen molar-refractivity contribution >= 4 is 29.1 Å². The van der Waals surface area contributed by atoms with Gasteiger partial charge in [0.2, 0.25) is 5.91 Å². The van der Waals surface area contributed by atoms with Crippen molar-refractivity contribution in [1.82, 2.24) is 14.7 Å². The molecule has 35 heavy (non-hydrogen) atoms. The molecule has 4 rings (SSSR count). The molecular formula is C26H24ClN3O5. The second-order valence-electron chi connectivity index (χ2n) is 7.92. The van der Waals surface area contributed by atoms with E-state index in [1.807, 2.05) is 30.3 Å². The van der Waals surface area contributed by atoms with E-state index in [9.17, 15) is 19.8 Å². The zero-order valence-electron chi connectivity index (χ0n) is 18.9. The summed E-state index contributed by atoms with van der Waals surface area (Å²) in [4.78, 5) is 30.5. The SMILES string of the molecule is CCOC(=O)C(Cc1ccc(O)c(O)c1)NC(=O)Cc1c(-c2ccccc2)nc2ccc(Cl)cn12. The fourth-order valence-electron chi connectivity index (χ4n) is 3.83. The summed E-state index contributed by atoms with van der Waals surface area (Å²) in [7, 11) is 0. The van der Waals surface area contributed by atoms with Gasteiger partial charge in [-0.25, -0.2) is 9.78 Å². The van der Waals surface area contributed by atoms with Gasteiger partial charge in [0, 0.05) is 18.2 Å². The molecule has 2 aromatic carbocycles. The highest BCUT2D eigenvalue weighted by Gasteiger charge is 2.25. The number of aromatic nitrogens is 2. The minimum atomic E-state index is -0.991. The first kappa shape index (κ1) is 24.1. The van der Waals surface area contributed by atoms with E-state index in [2.05, 4.69) is 10.3 Å². The summed E-state index contributed by atoms with van der Waals surface area (Å²) in [6, 6.07) is 16.2. The van der Waals surface area contributed by atoms with E-state index in [0.29, 0.717) is 27.6 Å². The van der Waals surface area contributed by atoms with Crippen molar-refractivity contribution in [1.29, 1.82) is 0 Å². The Kier molecular flexibility index (Phi) is 7.22.